The van der Waals surface area contributed by atoms with Gasteiger partial charge in [0.1, 0.15) is 24.2 Å². The number of benzene rings is 1. The standard InChI is InChI=1S/C34H40FN9O2/c1-21(2)30(23-11-34(45,12-23)24-13-40-42(3)15-24)44-17-33(18-44)8-9-43(16-33)31-32(41-39-20-38-31)46-28-7-6-25(35)10-26(28)27-14-36-19-37-29(27)22-4-5-22/h6-7,10,13-15,19-23,30,45H,4-5,8-9,11-12,16-18H2,1-3H3. The molecule has 4 aromatic rings. The summed E-state index contributed by atoms with van der Waals surface area (Å²) >= 11 is 0. The smallest absolute Gasteiger partial charge is 0.282 e. The summed E-state index contributed by atoms with van der Waals surface area (Å²) in [5, 5.41) is 23.9. The van der Waals surface area contributed by atoms with Crippen LogP contribution in [0.3, 0.4) is 0 Å². The maximum atomic E-state index is 14.5. The molecule has 0 radical (unpaired) electrons. The van der Waals surface area contributed by atoms with Gasteiger partial charge in [0.2, 0.25) is 0 Å². The van der Waals surface area contributed by atoms with Crippen molar-refractivity contribution in [2.24, 2.45) is 24.3 Å². The van der Waals surface area contributed by atoms with Crippen molar-refractivity contribution in [1.82, 2.24) is 39.8 Å². The van der Waals surface area contributed by atoms with Crippen LogP contribution in [0.1, 0.15) is 63.1 Å². The van der Waals surface area contributed by atoms with E-state index in [2.05, 4.69) is 53.9 Å². The van der Waals surface area contributed by atoms with Gasteiger partial charge in [0.15, 0.2) is 5.82 Å². The molecule has 0 amide bonds. The fraction of sp³-hybridized carbons (Fsp3) is 0.529. The molecule has 11 nitrogen and oxygen atoms in total. The number of ether oxygens (including phenoxy) is 1. The lowest BCUT2D eigenvalue weighted by atomic mass is 9.62. The highest BCUT2D eigenvalue weighted by Crippen LogP contribution is 2.52. The zero-order chi connectivity index (χ0) is 31.6. The van der Waals surface area contributed by atoms with Crippen molar-refractivity contribution in [3.05, 3.63) is 66.5 Å². The summed E-state index contributed by atoms with van der Waals surface area (Å²) in [5.41, 5.74) is 2.61. The Balaban J connectivity index is 0.970. The van der Waals surface area contributed by atoms with Gasteiger partial charge in [-0.05, 0) is 62.1 Å². The van der Waals surface area contributed by atoms with E-state index in [1.807, 2.05) is 13.2 Å². The Morgan fingerprint density at radius 3 is 2.61 bits per heavy atom. The molecule has 46 heavy (non-hydrogen) atoms. The molecule has 0 bridgehead atoms. The van der Waals surface area contributed by atoms with Crippen LogP contribution in [0.4, 0.5) is 10.2 Å². The molecule has 1 unspecified atom stereocenters. The lowest BCUT2D eigenvalue weighted by Crippen LogP contribution is -2.65. The van der Waals surface area contributed by atoms with Gasteiger partial charge in [-0.2, -0.15) is 5.10 Å². The van der Waals surface area contributed by atoms with E-state index >= 15 is 0 Å². The van der Waals surface area contributed by atoms with Crippen molar-refractivity contribution < 1.29 is 14.2 Å². The van der Waals surface area contributed by atoms with E-state index in [0.29, 0.717) is 46.8 Å². The quantitative estimate of drug-likeness (QED) is 0.280. The van der Waals surface area contributed by atoms with Crippen molar-refractivity contribution in [1.29, 1.82) is 0 Å². The molecule has 2 aliphatic heterocycles. The van der Waals surface area contributed by atoms with Crippen LogP contribution in [-0.2, 0) is 12.6 Å². The molecular weight excluding hydrogens is 585 g/mol. The van der Waals surface area contributed by atoms with E-state index in [1.54, 1.807) is 29.5 Å². The number of halogens is 1. The molecule has 2 saturated carbocycles. The summed E-state index contributed by atoms with van der Waals surface area (Å²) in [6.07, 6.45) is 13.2. The van der Waals surface area contributed by atoms with Gasteiger partial charge in [0.25, 0.3) is 5.88 Å². The molecule has 4 aliphatic rings. The second-order valence-electron chi connectivity index (χ2n) is 14.3. The van der Waals surface area contributed by atoms with Crippen molar-refractivity contribution in [3.8, 4) is 22.8 Å². The molecule has 12 heteroatoms. The van der Waals surface area contributed by atoms with Gasteiger partial charge in [0, 0.05) is 79.7 Å². The van der Waals surface area contributed by atoms with E-state index in [4.69, 9.17) is 4.74 Å². The molecule has 1 aromatic carbocycles. The minimum Gasteiger partial charge on any atom is -0.434 e. The molecule has 1 N–H and O–H groups in total. The maximum absolute atomic E-state index is 14.5. The van der Waals surface area contributed by atoms with Gasteiger partial charge in [-0.25, -0.2) is 19.3 Å². The van der Waals surface area contributed by atoms with E-state index in [9.17, 15) is 9.50 Å². The van der Waals surface area contributed by atoms with Crippen molar-refractivity contribution in [2.45, 2.75) is 63.5 Å². The molecule has 2 saturated heterocycles. The number of hydrogen-bond donors (Lipinski definition) is 1. The van der Waals surface area contributed by atoms with Gasteiger partial charge < -0.3 is 14.7 Å². The van der Waals surface area contributed by atoms with E-state index in [1.165, 1.54) is 18.5 Å². The van der Waals surface area contributed by atoms with Crippen LogP contribution in [0, 0.1) is 23.1 Å². The highest BCUT2D eigenvalue weighted by Gasteiger charge is 2.55. The van der Waals surface area contributed by atoms with Crippen molar-refractivity contribution in [3.63, 3.8) is 0 Å². The monoisotopic (exact) mass is 625 g/mol. The third kappa shape index (κ3) is 5.21. The molecule has 8 rings (SSSR count). The van der Waals surface area contributed by atoms with Gasteiger partial charge in [-0.1, -0.05) is 13.8 Å². The van der Waals surface area contributed by atoms with Gasteiger partial charge in [-0.3, -0.25) is 9.58 Å². The Hall–Kier alpha value is -4.03. The molecule has 240 valence electrons. The Labute approximate surface area is 267 Å². The fourth-order valence-corrected chi connectivity index (χ4v) is 8.29. The summed E-state index contributed by atoms with van der Waals surface area (Å²) in [6, 6.07) is 4.92. The lowest BCUT2D eigenvalue weighted by molar-refractivity contribution is -0.138. The first kappa shape index (κ1) is 29.4. The molecule has 1 spiro atoms. The summed E-state index contributed by atoms with van der Waals surface area (Å²) in [7, 11) is 1.89. The molecule has 1 atom stereocenters. The zero-order valence-corrected chi connectivity index (χ0v) is 26.6. The molecule has 2 aliphatic carbocycles. The van der Waals surface area contributed by atoms with Crippen molar-refractivity contribution >= 4 is 5.82 Å². The third-order valence-electron chi connectivity index (χ3n) is 10.6. The second kappa shape index (κ2) is 11.0. The predicted molar refractivity (Wildman–Crippen MR) is 169 cm³/mol. The summed E-state index contributed by atoms with van der Waals surface area (Å²) in [5.74, 6) is 2.36. The zero-order valence-electron chi connectivity index (χ0n) is 26.6. The second-order valence-corrected chi connectivity index (χ2v) is 14.3. The Morgan fingerprint density at radius 2 is 1.87 bits per heavy atom. The first-order valence-electron chi connectivity index (χ1n) is 16.4. The van der Waals surface area contributed by atoms with Crippen LogP contribution < -0.4 is 9.64 Å². The molecular formula is C34H40FN9O2. The highest BCUT2D eigenvalue weighted by molar-refractivity contribution is 5.73. The first-order valence-corrected chi connectivity index (χ1v) is 16.4. The topological polar surface area (TPSA) is 118 Å². The highest BCUT2D eigenvalue weighted by atomic mass is 19.1. The van der Waals surface area contributed by atoms with E-state index in [0.717, 1.165) is 75.1 Å². The van der Waals surface area contributed by atoms with Crippen LogP contribution in [0.5, 0.6) is 11.6 Å². The molecule has 3 aromatic heterocycles. The van der Waals surface area contributed by atoms with Crippen molar-refractivity contribution in [2.75, 3.05) is 31.1 Å². The van der Waals surface area contributed by atoms with Crippen LogP contribution in [0.15, 0.2) is 49.4 Å². The maximum Gasteiger partial charge on any atom is 0.282 e. The number of aryl methyl sites for hydroxylation is 1. The lowest BCUT2D eigenvalue weighted by Gasteiger charge is -2.58. The minimum atomic E-state index is -0.771. The van der Waals surface area contributed by atoms with Crippen LogP contribution >= 0.6 is 0 Å². The van der Waals surface area contributed by atoms with E-state index in [-0.39, 0.29) is 11.2 Å². The molecule has 5 heterocycles. The SMILES string of the molecule is CC(C)C(C1CC(O)(c2cnn(C)c2)C1)N1CC2(CCN(c3ncnnc3Oc3ccc(F)cc3-c3cncnc3C3CC3)C2)C1. The Bertz CT molecular complexity index is 1750. The minimum absolute atomic E-state index is 0.167. The Morgan fingerprint density at radius 1 is 1.04 bits per heavy atom. The number of anilines is 1. The molecule has 4 fully saturated rings. The normalized spacial score (nSPS) is 24.7. The summed E-state index contributed by atoms with van der Waals surface area (Å²) in [4.78, 5) is 18.2. The van der Waals surface area contributed by atoms with Crippen LogP contribution in [0.25, 0.3) is 11.1 Å². The number of rotatable bonds is 9. The fourth-order valence-electron chi connectivity index (χ4n) is 8.29. The number of nitrogens with zero attached hydrogens (tertiary/aromatic N) is 9. The van der Waals surface area contributed by atoms with Gasteiger partial charge in [-0.15, -0.1) is 10.2 Å². The average molecular weight is 626 g/mol. The number of hydrogen-bond acceptors (Lipinski definition) is 10. The summed E-state index contributed by atoms with van der Waals surface area (Å²) < 4.78 is 22.7. The largest absolute Gasteiger partial charge is 0.434 e. The predicted octanol–water partition coefficient (Wildman–Crippen LogP) is 4.71. The van der Waals surface area contributed by atoms with Crippen LogP contribution in [0.2, 0.25) is 0 Å². The number of aromatic nitrogens is 7. The van der Waals surface area contributed by atoms with Crippen LogP contribution in [-0.4, -0.2) is 77.2 Å². The number of aliphatic hydroxyl groups is 1. The average Bonchev–Trinajstić information content (AvgIpc) is 3.61. The summed E-state index contributed by atoms with van der Waals surface area (Å²) in [6.45, 7) is 8.32. The first-order chi connectivity index (χ1) is 22.2. The Kier molecular flexibility index (Phi) is 7.06. The number of likely N-dealkylation sites (tertiary alicyclic amines) is 1. The van der Waals surface area contributed by atoms with Gasteiger partial charge in [0.05, 0.1) is 17.5 Å². The van der Waals surface area contributed by atoms with E-state index < -0.39 is 5.60 Å². The van der Waals surface area contributed by atoms with Gasteiger partial charge >= 0.3 is 0 Å². The third-order valence-corrected chi connectivity index (χ3v) is 10.6.